The molecule has 35 heavy (non-hydrogen) atoms. The molecule has 2 aromatic rings. The number of benzene rings is 1. The Labute approximate surface area is 204 Å². The number of pyridine rings is 1. The second-order valence-electron chi connectivity index (χ2n) is 8.02. The summed E-state index contributed by atoms with van der Waals surface area (Å²) in [6.07, 6.45) is 1.56. The first-order chi connectivity index (χ1) is 16.9. The number of aromatic nitrogens is 1. The van der Waals surface area contributed by atoms with Crippen LogP contribution in [-0.4, -0.2) is 57.0 Å². The van der Waals surface area contributed by atoms with E-state index in [1.54, 1.807) is 13.2 Å². The number of nitrogens with one attached hydrogen (secondary N) is 1. The zero-order valence-corrected chi connectivity index (χ0v) is 20.7. The molecule has 0 aliphatic heterocycles. The summed E-state index contributed by atoms with van der Waals surface area (Å²) in [6.45, 7) is 3.78. The third-order valence-corrected chi connectivity index (χ3v) is 5.81. The molecule has 1 aliphatic rings. The fourth-order valence-electron chi connectivity index (χ4n) is 4.21. The lowest BCUT2D eigenvalue weighted by Crippen LogP contribution is -2.42. The van der Waals surface area contributed by atoms with Gasteiger partial charge in [0.1, 0.15) is 11.7 Å². The largest absolute Gasteiger partial charge is 0.493 e. The Morgan fingerprint density at radius 3 is 2.49 bits per heavy atom. The van der Waals surface area contributed by atoms with Gasteiger partial charge in [0, 0.05) is 18.9 Å². The van der Waals surface area contributed by atoms with Crippen molar-refractivity contribution in [2.24, 2.45) is 0 Å². The van der Waals surface area contributed by atoms with Gasteiger partial charge in [0.15, 0.2) is 11.5 Å². The van der Waals surface area contributed by atoms with Crippen LogP contribution in [0.25, 0.3) is 0 Å². The lowest BCUT2D eigenvalue weighted by molar-refractivity contribution is -0.148. The molecule has 1 aliphatic carbocycles. The maximum absolute atomic E-state index is 12.8. The molecule has 0 radical (unpaired) electrons. The highest BCUT2D eigenvalue weighted by Gasteiger charge is 2.35. The second-order valence-corrected chi connectivity index (χ2v) is 8.02. The summed E-state index contributed by atoms with van der Waals surface area (Å²) in [5, 5.41) is 0. The number of esters is 1. The maximum Gasteiger partial charge on any atom is 0.362 e. The number of carbonyl (C=O) groups is 2. The highest BCUT2D eigenvalue weighted by atomic mass is 16.7. The van der Waals surface area contributed by atoms with Crippen molar-refractivity contribution in [3.8, 4) is 23.3 Å². The summed E-state index contributed by atoms with van der Waals surface area (Å²) in [4.78, 5) is 33.9. The highest BCUT2D eigenvalue weighted by molar-refractivity contribution is 5.91. The Kier molecular flexibility index (Phi) is 9.13. The minimum atomic E-state index is -0.636. The van der Waals surface area contributed by atoms with Crippen LogP contribution in [-0.2, 0) is 14.4 Å². The topological polar surface area (TPSA) is 114 Å². The molecule has 10 nitrogen and oxygen atoms in total. The molecule has 190 valence electrons. The van der Waals surface area contributed by atoms with Crippen molar-refractivity contribution in [1.82, 2.24) is 10.5 Å². The van der Waals surface area contributed by atoms with Crippen LogP contribution in [0.15, 0.2) is 30.3 Å². The van der Waals surface area contributed by atoms with Crippen molar-refractivity contribution < 1.29 is 38.1 Å². The summed E-state index contributed by atoms with van der Waals surface area (Å²) >= 11 is 0. The molecular formula is C25H32N2O8. The molecule has 0 amide bonds. The first-order valence-corrected chi connectivity index (χ1v) is 11.4. The number of hydroxylamine groups is 1. The number of hydrogen-bond donors (Lipinski definition) is 1. The molecule has 1 heterocycles. The van der Waals surface area contributed by atoms with Gasteiger partial charge >= 0.3 is 11.9 Å². The molecule has 1 fully saturated rings. The zero-order valence-electron chi connectivity index (χ0n) is 20.7. The van der Waals surface area contributed by atoms with Gasteiger partial charge in [-0.25, -0.2) is 4.79 Å². The number of methoxy groups -OCH3 is 3. The van der Waals surface area contributed by atoms with Gasteiger partial charge in [0.05, 0.1) is 34.0 Å². The number of rotatable bonds is 10. The van der Waals surface area contributed by atoms with Gasteiger partial charge in [-0.15, -0.1) is 5.48 Å². The van der Waals surface area contributed by atoms with Crippen LogP contribution in [0.2, 0.25) is 0 Å². The molecule has 0 bridgehead atoms. The third kappa shape index (κ3) is 6.54. The monoisotopic (exact) mass is 488 g/mol. The van der Waals surface area contributed by atoms with E-state index in [-0.39, 0.29) is 35.5 Å². The quantitative estimate of drug-likeness (QED) is 0.394. The van der Waals surface area contributed by atoms with Crippen molar-refractivity contribution >= 4 is 11.9 Å². The number of nitrogens with zero attached hydrogens (tertiary/aromatic N) is 1. The van der Waals surface area contributed by atoms with Gasteiger partial charge in [0.2, 0.25) is 11.8 Å². The van der Waals surface area contributed by atoms with E-state index in [0.29, 0.717) is 43.2 Å². The Balaban J connectivity index is 1.81. The maximum atomic E-state index is 12.8. The fourth-order valence-corrected chi connectivity index (χ4v) is 4.21. The van der Waals surface area contributed by atoms with E-state index in [9.17, 15) is 9.59 Å². The molecule has 0 spiro atoms. The zero-order chi connectivity index (χ0) is 25.4. The molecule has 1 aromatic heterocycles. The van der Waals surface area contributed by atoms with Crippen molar-refractivity contribution in [1.29, 1.82) is 0 Å². The van der Waals surface area contributed by atoms with Crippen LogP contribution in [0.4, 0.5) is 0 Å². The lowest BCUT2D eigenvalue weighted by atomic mass is 9.79. The van der Waals surface area contributed by atoms with E-state index in [0.717, 1.165) is 5.56 Å². The first-order valence-electron chi connectivity index (χ1n) is 11.4. The minimum Gasteiger partial charge on any atom is -0.493 e. The fraction of sp³-hybridized carbons (Fsp3) is 0.480. The number of hydrogen-bond acceptors (Lipinski definition) is 10. The number of carbonyl (C=O) groups excluding carboxylic acids is 2. The van der Waals surface area contributed by atoms with Gasteiger partial charge in [-0.1, -0.05) is 6.07 Å². The van der Waals surface area contributed by atoms with Crippen LogP contribution in [0.1, 0.15) is 54.9 Å². The average Bonchev–Trinajstić information content (AvgIpc) is 2.87. The minimum absolute atomic E-state index is 0.0998. The first kappa shape index (κ1) is 26.1. The van der Waals surface area contributed by atoms with Gasteiger partial charge in [-0.2, -0.15) is 4.98 Å². The molecule has 10 heteroatoms. The Bertz CT molecular complexity index is 1030. The summed E-state index contributed by atoms with van der Waals surface area (Å²) in [7, 11) is 4.47. The van der Waals surface area contributed by atoms with E-state index < -0.39 is 5.97 Å². The average molecular weight is 489 g/mol. The third-order valence-electron chi connectivity index (χ3n) is 5.81. The van der Waals surface area contributed by atoms with Gasteiger partial charge in [-0.05, 0) is 49.9 Å². The predicted octanol–water partition coefficient (Wildman–Crippen LogP) is 3.44. The number of ether oxygens (including phenoxy) is 5. The van der Waals surface area contributed by atoms with E-state index in [1.807, 2.05) is 25.1 Å². The van der Waals surface area contributed by atoms with Crippen LogP contribution >= 0.6 is 0 Å². The van der Waals surface area contributed by atoms with E-state index in [2.05, 4.69) is 10.5 Å². The van der Waals surface area contributed by atoms with Crippen LogP contribution in [0, 0.1) is 0 Å². The SMILES string of the molecule is CCOc1cc([C@H]2C[C@H](OC(C)=O)CC[C@H]2NOC(=O)c2ccc(OC)nc2OC)ccc1OC. The van der Waals surface area contributed by atoms with E-state index in [1.165, 1.54) is 27.2 Å². The van der Waals surface area contributed by atoms with Crippen molar-refractivity contribution in [3.63, 3.8) is 0 Å². The predicted molar refractivity (Wildman–Crippen MR) is 126 cm³/mol. The Hall–Kier alpha value is -3.53. The normalized spacial score (nSPS) is 19.4. The highest BCUT2D eigenvalue weighted by Crippen LogP contribution is 2.39. The van der Waals surface area contributed by atoms with Gasteiger partial charge in [-0.3, -0.25) is 4.79 Å². The van der Waals surface area contributed by atoms with Crippen LogP contribution < -0.4 is 24.4 Å². The van der Waals surface area contributed by atoms with Gasteiger partial charge in [0.25, 0.3) is 0 Å². The van der Waals surface area contributed by atoms with Gasteiger partial charge < -0.3 is 28.5 Å². The summed E-state index contributed by atoms with van der Waals surface area (Å²) in [5.41, 5.74) is 4.03. The molecule has 3 rings (SSSR count). The summed E-state index contributed by atoms with van der Waals surface area (Å²) in [6, 6.07) is 8.55. The second kappa shape index (κ2) is 12.3. The van der Waals surface area contributed by atoms with Crippen molar-refractivity contribution in [2.45, 2.75) is 51.2 Å². The standard InChI is InChI=1S/C25H32N2O8/c1-6-33-22-13-16(7-11-21(22)30-3)19-14-17(34-15(2)28)8-10-20(19)27-35-25(29)18-9-12-23(31-4)26-24(18)32-5/h7,9,11-13,17,19-20,27H,6,8,10,14H2,1-5H3/t17-,19-,20-/m1/s1. The summed E-state index contributed by atoms with van der Waals surface area (Å²) in [5.74, 6) is 0.576. The van der Waals surface area contributed by atoms with Crippen LogP contribution in [0.3, 0.4) is 0 Å². The molecule has 0 saturated heterocycles. The smallest absolute Gasteiger partial charge is 0.362 e. The molecule has 1 N–H and O–H groups in total. The Morgan fingerprint density at radius 2 is 1.83 bits per heavy atom. The van der Waals surface area contributed by atoms with Crippen molar-refractivity contribution in [3.05, 3.63) is 41.5 Å². The van der Waals surface area contributed by atoms with Crippen molar-refractivity contribution in [2.75, 3.05) is 27.9 Å². The lowest BCUT2D eigenvalue weighted by Gasteiger charge is -2.36. The molecular weight excluding hydrogens is 456 g/mol. The summed E-state index contributed by atoms with van der Waals surface area (Å²) < 4.78 is 26.9. The van der Waals surface area contributed by atoms with E-state index in [4.69, 9.17) is 28.5 Å². The van der Waals surface area contributed by atoms with E-state index >= 15 is 0 Å². The molecule has 1 saturated carbocycles. The van der Waals surface area contributed by atoms with Crippen LogP contribution in [0.5, 0.6) is 23.3 Å². The molecule has 0 unspecified atom stereocenters. The molecule has 1 aromatic carbocycles. The molecule has 3 atom stereocenters. The Morgan fingerprint density at radius 1 is 1.03 bits per heavy atom.